The predicted octanol–water partition coefficient (Wildman–Crippen LogP) is 2.01. The minimum atomic E-state index is -0.0617. The largest absolute Gasteiger partial charge is 0.465 e. The molecule has 2 fully saturated rings. The van der Waals surface area contributed by atoms with Crippen LogP contribution in [0.4, 0.5) is 0 Å². The first-order valence-corrected chi connectivity index (χ1v) is 8.10. The molecule has 3 heterocycles. The van der Waals surface area contributed by atoms with Crippen molar-refractivity contribution >= 4 is 29.5 Å². The molecule has 0 bridgehead atoms. The number of aryl methyl sites for hydroxylation is 1. The van der Waals surface area contributed by atoms with E-state index in [1.165, 1.54) is 12.1 Å². The Kier molecular flexibility index (Phi) is 3.32. The van der Waals surface area contributed by atoms with Gasteiger partial charge in [0.2, 0.25) is 0 Å². The third-order valence-corrected chi connectivity index (χ3v) is 7.13. The Morgan fingerprint density at radius 1 is 1.50 bits per heavy atom. The van der Waals surface area contributed by atoms with E-state index in [4.69, 9.17) is 4.74 Å². The first-order chi connectivity index (χ1) is 8.72. The zero-order chi connectivity index (χ0) is 12.6. The van der Waals surface area contributed by atoms with Crippen LogP contribution in [-0.4, -0.2) is 33.6 Å². The van der Waals surface area contributed by atoms with E-state index in [0.29, 0.717) is 13.0 Å². The highest BCUT2D eigenvalue weighted by atomic mass is 32.2. The quantitative estimate of drug-likeness (QED) is 0.777. The molecule has 0 spiro atoms. The van der Waals surface area contributed by atoms with E-state index >= 15 is 0 Å². The van der Waals surface area contributed by atoms with Gasteiger partial charge in [0.25, 0.3) is 0 Å². The number of cyclic esters (lactones) is 1. The fourth-order valence-electron chi connectivity index (χ4n) is 2.59. The van der Waals surface area contributed by atoms with Gasteiger partial charge >= 0.3 is 5.97 Å². The van der Waals surface area contributed by atoms with Gasteiger partial charge in [-0.05, 0) is 17.9 Å². The number of esters is 1. The van der Waals surface area contributed by atoms with Gasteiger partial charge in [0.1, 0.15) is 4.08 Å². The second kappa shape index (κ2) is 4.81. The van der Waals surface area contributed by atoms with Crippen LogP contribution < -0.4 is 0 Å². The van der Waals surface area contributed by atoms with E-state index in [0.717, 1.165) is 11.5 Å². The number of ether oxygens (including phenoxy) is 1. The van der Waals surface area contributed by atoms with Crippen molar-refractivity contribution in [2.24, 2.45) is 13.0 Å². The highest BCUT2D eigenvalue weighted by Gasteiger charge is 2.48. The van der Waals surface area contributed by atoms with Gasteiger partial charge in [0, 0.05) is 13.0 Å². The van der Waals surface area contributed by atoms with Gasteiger partial charge in [-0.2, -0.15) is 0 Å². The van der Waals surface area contributed by atoms with Crippen LogP contribution in [0.1, 0.15) is 18.5 Å². The SMILES string of the molecule is Cn1cncc1C1(C2COC(=O)C2)SCCCS1. The lowest BCUT2D eigenvalue weighted by Crippen LogP contribution is -2.34. The first kappa shape index (κ1) is 12.4. The zero-order valence-electron chi connectivity index (χ0n) is 10.3. The van der Waals surface area contributed by atoms with Crippen LogP contribution in [-0.2, 0) is 20.7 Å². The maximum atomic E-state index is 11.4. The number of aromatic nitrogens is 2. The van der Waals surface area contributed by atoms with E-state index < -0.39 is 0 Å². The van der Waals surface area contributed by atoms with Crippen LogP contribution in [0.3, 0.4) is 0 Å². The number of hydrogen-bond acceptors (Lipinski definition) is 5. The molecule has 2 aliphatic rings. The Morgan fingerprint density at radius 2 is 2.28 bits per heavy atom. The predicted molar refractivity (Wildman–Crippen MR) is 73.5 cm³/mol. The van der Waals surface area contributed by atoms with E-state index in [9.17, 15) is 4.79 Å². The van der Waals surface area contributed by atoms with E-state index in [2.05, 4.69) is 9.55 Å². The zero-order valence-corrected chi connectivity index (χ0v) is 11.9. The van der Waals surface area contributed by atoms with Crippen LogP contribution in [0.5, 0.6) is 0 Å². The molecule has 1 unspecified atom stereocenters. The molecular formula is C12H16N2O2S2. The number of thioether (sulfide) groups is 2. The fourth-order valence-corrected chi connectivity index (χ4v) is 6.25. The van der Waals surface area contributed by atoms with Crippen molar-refractivity contribution in [3.63, 3.8) is 0 Å². The molecule has 3 rings (SSSR count). The number of hydrogen-bond donors (Lipinski definition) is 0. The molecule has 0 radical (unpaired) electrons. The van der Waals surface area contributed by atoms with Crippen molar-refractivity contribution in [2.45, 2.75) is 16.9 Å². The molecule has 0 aromatic carbocycles. The van der Waals surface area contributed by atoms with Crippen molar-refractivity contribution in [3.05, 3.63) is 18.2 Å². The van der Waals surface area contributed by atoms with Crippen molar-refractivity contribution < 1.29 is 9.53 Å². The molecule has 6 heteroatoms. The van der Waals surface area contributed by atoms with Crippen LogP contribution in [0.15, 0.2) is 12.5 Å². The summed E-state index contributed by atoms with van der Waals surface area (Å²) in [6.45, 7) is 0.546. The number of imidazole rings is 1. The second-order valence-electron chi connectivity index (χ2n) is 4.69. The summed E-state index contributed by atoms with van der Waals surface area (Å²) in [5.74, 6) is 2.48. The lowest BCUT2D eigenvalue weighted by atomic mass is 10.0. The number of carbonyl (C=O) groups is 1. The van der Waals surface area contributed by atoms with Gasteiger partial charge in [-0.25, -0.2) is 4.98 Å². The van der Waals surface area contributed by atoms with Gasteiger partial charge < -0.3 is 9.30 Å². The summed E-state index contributed by atoms with van der Waals surface area (Å²) in [5, 5.41) is 0. The Morgan fingerprint density at radius 3 is 2.83 bits per heavy atom. The van der Waals surface area contributed by atoms with Crippen molar-refractivity contribution in [1.29, 1.82) is 0 Å². The van der Waals surface area contributed by atoms with E-state index in [-0.39, 0.29) is 16.0 Å². The number of rotatable bonds is 2. The molecule has 0 saturated carbocycles. The highest BCUT2D eigenvalue weighted by molar-refractivity contribution is 8.18. The standard InChI is InChI=1S/C12H16N2O2S2/c1-14-8-13-6-10(14)12(17-3-2-4-18-12)9-5-11(15)16-7-9/h6,8-9H,2-5,7H2,1H3. The van der Waals surface area contributed by atoms with Gasteiger partial charge in [0.15, 0.2) is 0 Å². The minimum Gasteiger partial charge on any atom is -0.465 e. The third kappa shape index (κ3) is 1.95. The third-order valence-electron chi connectivity index (χ3n) is 3.49. The monoisotopic (exact) mass is 284 g/mol. The second-order valence-corrected chi connectivity index (χ2v) is 7.63. The lowest BCUT2D eigenvalue weighted by molar-refractivity contribution is -0.137. The van der Waals surface area contributed by atoms with Crippen molar-refractivity contribution in [2.75, 3.05) is 18.1 Å². The average molecular weight is 284 g/mol. The van der Waals surface area contributed by atoms with Crippen molar-refractivity contribution in [3.8, 4) is 0 Å². The van der Waals surface area contributed by atoms with Crippen LogP contribution >= 0.6 is 23.5 Å². The summed E-state index contributed by atoms with van der Waals surface area (Å²) >= 11 is 3.90. The molecule has 4 nitrogen and oxygen atoms in total. The van der Waals surface area contributed by atoms with Crippen LogP contribution in [0.25, 0.3) is 0 Å². The Labute approximate surface area is 115 Å². The van der Waals surface area contributed by atoms with Crippen LogP contribution in [0.2, 0.25) is 0 Å². The van der Waals surface area contributed by atoms with Crippen molar-refractivity contribution in [1.82, 2.24) is 9.55 Å². The summed E-state index contributed by atoms with van der Waals surface area (Å²) in [5.41, 5.74) is 1.21. The molecule has 0 amide bonds. The molecular weight excluding hydrogens is 268 g/mol. The summed E-state index contributed by atoms with van der Waals surface area (Å²) in [6.07, 6.45) is 5.54. The van der Waals surface area contributed by atoms with Gasteiger partial charge in [-0.15, -0.1) is 23.5 Å². The molecule has 2 aliphatic heterocycles. The van der Waals surface area contributed by atoms with Gasteiger partial charge in [0.05, 0.1) is 31.2 Å². The smallest absolute Gasteiger partial charge is 0.306 e. The lowest BCUT2D eigenvalue weighted by Gasteiger charge is -2.39. The first-order valence-electron chi connectivity index (χ1n) is 6.13. The topological polar surface area (TPSA) is 44.1 Å². The molecule has 2 saturated heterocycles. The maximum absolute atomic E-state index is 11.4. The normalized spacial score (nSPS) is 27.2. The summed E-state index contributed by atoms with van der Waals surface area (Å²) in [7, 11) is 2.03. The van der Waals surface area contributed by atoms with Gasteiger partial charge in [-0.3, -0.25) is 4.79 Å². The number of nitrogens with zero attached hydrogens (tertiary/aromatic N) is 2. The van der Waals surface area contributed by atoms with E-state index in [1.54, 1.807) is 0 Å². The summed E-state index contributed by atoms with van der Waals surface area (Å²) in [6, 6.07) is 0. The fraction of sp³-hybridized carbons (Fsp3) is 0.667. The number of carbonyl (C=O) groups excluding carboxylic acids is 1. The maximum Gasteiger partial charge on any atom is 0.306 e. The summed E-state index contributed by atoms with van der Waals surface area (Å²) < 4.78 is 7.20. The minimum absolute atomic E-state index is 0.0599. The molecule has 1 aromatic rings. The molecule has 0 aliphatic carbocycles. The molecule has 1 aromatic heterocycles. The summed E-state index contributed by atoms with van der Waals surface area (Å²) in [4.78, 5) is 15.7. The Balaban J connectivity index is 1.98. The van der Waals surface area contributed by atoms with Gasteiger partial charge in [-0.1, -0.05) is 0 Å². The Bertz CT molecular complexity index is 455. The van der Waals surface area contributed by atoms with Crippen LogP contribution in [0, 0.1) is 5.92 Å². The highest BCUT2D eigenvalue weighted by Crippen LogP contribution is 2.56. The molecule has 18 heavy (non-hydrogen) atoms. The van der Waals surface area contributed by atoms with E-state index in [1.807, 2.05) is 43.1 Å². The molecule has 98 valence electrons. The Hall–Kier alpha value is -0.620. The molecule has 1 atom stereocenters. The molecule has 0 N–H and O–H groups in total. The average Bonchev–Trinajstić information content (AvgIpc) is 2.99.